The van der Waals surface area contributed by atoms with Gasteiger partial charge in [-0.15, -0.1) is 0 Å². The van der Waals surface area contributed by atoms with Crippen LogP contribution in [0.5, 0.6) is 0 Å². The van der Waals surface area contributed by atoms with E-state index in [1.54, 1.807) is 31.4 Å². The SMILES string of the molecule is Cn1c(CCNC(=O)c2ccccc2)nc(-c2ccncn2)cc1=O. The lowest BCUT2D eigenvalue weighted by molar-refractivity contribution is 0.0954. The molecule has 0 aliphatic rings. The largest absolute Gasteiger partial charge is 0.352 e. The molecule has 0 atom stereocenters. The maximum Gasteiger partial charge on any atom is 0.253 e. The van der Waals surface area contributed by atoms with Crippen molar-refractivity contribution in [2.24, 2.45) is 7.05 Å². The van der Waals surface area contributed by atoms with Crippen LogP contribution in [0.3, 0.4) is 0 Å². The fourth-order valence-electron chi connectivity index (χ4n) is 2.36. The zero-order valence-corrected chi connectivity index (χ0v) is 13.7. The van der Waals surface area contributed by atoms with Gasteiger partial charge in [-0.05, 0) is 18.2 Å². The number of amides is 1. The van der Waals surface area contributed by atoms with Gasteiger partial charge in [-0.25, -0.2) is 15.0 Å². The summed E-state index contributed by atoms with van der Waals surface area (Å²) < 4.78 is 1.47. The lowest BCUT2D eigenvalue weighted by Gasteiger charge is -2.10. The topological polar surface area (TPSA) is 89.8 Å². The van der Waals surface area contributed by atoms with Gasteiger partial charge in [0.2, 0.25) is 0 Å². The molecule has 7 heteroatoms. The summed E-state index contributed by atoms with van der Waals surface area (Å²) in [6.45, 7) is 0.376. The first-order chi connectivity index (χ1) is 12.1. The van der Waals surface area contributed by atoms with Crippen LogP contribution < -0.4 is 10.9 Å². The molecule has 0 aliphatic heterocycles. The number of carbonyl (C=O) groups is 1. The van der Waals surface area contributed by atoms with Crippen LogP contribution in [-0.2, 0) is 13.5 Å². The Morgan fingerprint density at radius 1 is 1.16 bits per heavy atom. The molecule has 3 aromatic rings. The van der Waals surface area contributed by atoms with Crippen LogP contribution in [0.2, 0.25) is 0 Å². The van der Waals surface area contributed by atoms with Crippen LogP contribution >= 0.6 is 0 Å². The molecule has 0 bridgehead atoms. The van der Waals surface area contributed by atoms with Crippen LogP contribution in [0.1, 0.15) is 16.2 Å². The van der Waals surface area contributed by atoms with Gasteiger partial charge in [-0.1, -0.05) is 18.2 Å². The summed E-state index contributed by atoms with van der Waals surface area (Å²) in [6.07, 6.45) is 3.44. The average molecular weight is 335 g/mol. The van der Waals surface area contributed by atoms with E-state index in [0.29, 0.717) is 35.7 Å². The minimum absolute atomic E-state index is 0.155. The lowest BCUT2D eigenvalue weighted by atomic mass is 10.2. The number of hydrogen-bond acceptors (Lipinski definition) is 5. The van der Waals surface area contributed by atoms with Crippen molar-refractivity contribution in [3.8, 4) is 11.4 Å². The van der Waals surface area contributed by atoms with Crippen molar-refractivity contribution in [3.05, 3.63) is 76.7 Å². The fraction of sp³-hybridized carbons (Fsp3) is 0.167. The van der Waals surface area contributed by atoms with E-state index >= 15 is 0 Å². The quantitative estimate of drug-likeness (QED) is 0.757. The fourth-order valence-corrected chi connectivity index (χ4v) is 2.36. The molecule has 3 rings (SSSR count). The van der Waals surface area contributed by atoms with Crippen molar-refractivity contribution >= 4 is 5.91 Å². The number of hydrogen-bond donors (Lipinski definition) is 1. The van der Waals surface area contributed by atoms with Crippen LogP contribution in [0.15, 0.2) is 59.8 Å². The molecular formula is C18H17N5O2. The molecule has 2 aromatic heterocycles. The van der Waals surface area contributed by atoms with Crippen molar-refractivity contribution in [3.63, 3.8) is 0 Å². The Hall–Kier alpha value is -3.35. The highest BCUT2D eigenvalue weighted by Crippen LogP contribution is 2.11. The first-order valence-electron chi connectivity index (χ1n) is 7.82. The number of nitrogens with zero attached hydrogens (tertiary/aromatic N) is 4. The Labute approximate surface area is 144 Å². The van der Waals surface area contributed by atoms with Crippen LogP contribution in [0.4, 0.5) is 0 Å². The maximum absolute atomic E-state index is 12.1. The van der Waals surface area contributed by atoms with Crippen LogP contribution in [-0.4, -0.2) is 32.0 Å². The Bertz CT molecular complexity index is 923. The molecule has 0 spiro atoms. The highest BCUT2D eigenvalue weighted by molar-refractivity contribution is 5.94. The molecule has 1 amide bonds. The standard InChI is InChI=1S/C18H17N5O2/c1-23-16(8-10-20-18(25)13-5-3-2-4-6-13)22-15(11-17(23)24)14-7-9-19-12-21-14/h2-7,9,11-12H,8,10H2,1H3,(H,20,25). The Morgan fingerprint density at radius 3 is 2.68 bits per heavy atom. The lowest BCUT2D eigenvalue weighted by Crippen LogP contribution is -2.29. The first kappa shape index (κ1) is 16.5. The molecule has 2 heterocycles. The first-order valence-corrected chi connectivity index (χ1v) is 7.82. The number of rotatable bonds is 5. The van der Waals surface area contributed by atoms with Crippen molar-refractivity contribution < 1.29 is 4.79 Å². The third kappa shape index (κ3) is 3.95. The van der Waals surface area contributed by atoms with Gasteiger partial charge in [0.1, 0.15) is 12.2 Å². The second-order valence-corrected chi connectivity index (χ2v) is 5.42. The molecule has 0 saturated heterocycles. The van der Waals surface area contributed by atoms with Gasteiger partial charge in [-0.3, -0.25) is 14.2 Å². The van der Waals surface area contributed by atoms with Crippen LogP contribution in [0, 0.1) is 0 Å². The summed E-state index contributed by atoms with van der Waals surface area (Å²) in [5, 5.41) is 2.83. The van der Waals surface area contributed by atoms with Crippen LogP contribution in [0.25, 0.3) is 11.4 Å². The van der Waals surface area contributed by atoms with Crippen molar-refractivity contribution in [1.29, 1.82) is 0 Å². The average Bonchev–Trinajstić information content (AvgIpc) is 2.66. The normalized spacial score (nSPS) is 10.4. The van der Waals surface area contributed by atoms with Gasteiger partial charge >= 0.3 is 0 Å². The Balaban J connectivity index is 1.73. The third-order valence-electron chi connectivity index (χ3n) is 3.74. The number of aromatic nitrogens is 4. The smallest absolute Gasteiger partial charge is 0.253 e. The molecule has 25 heavy (non-hydrogen) atoms. The number of carbonyl (C=O) groups excluding carboxylic acids is 1. The second kappa shape index (κ2) is 7.48. The Morgan fingerprint density at radius 2 is 1.96 bits per heavy atom. The minimum atomic E-state index is -0.173. The number of benzene rings is 1. The van der Waals surface area contributed by atoms with E-state index in [4.69, 9.17) is 0 Å². The highest BCUT2D eigenvalue weighted by atomic mass is 16.1. The van der Waals surface area contributed by atoms with Gasteiger partial charge in [-0.2, -0.15) is 0 Å². The van der Waals surface area contributed by atoms with Gasteiger partial charge in [0.05, 0.1) is 11.4 Å². The maximum atomic E-state index is 12.1. The molecule has 0 radical (unpaired) electrons. The molecular weight excluding hydrogens is 318 g/mol. The van der Waals surface area contributed by atoms with Crippen molar-refractivity contribution in [2.75, 3.05) is 6.54 Å². The predicted octanol–water partition coefficient (Wildman–Crippen LogP) is 1.21. The van der Waals surface area contributed by atoms with E-state index in [9.17, 15) is 9.59 Å². The van der Waals surface area contributed by atoms with Crippen molar-refractivity contribution in [1.82, 2.24) is 24.8 Å². The zero-order valence-electron chi connectivity index (χ0n) is 13.7. The van der Waals surface area contributed by atoms with E-state index in [1.165, 1.54) is 17.0 Å². The highest BCUT2D eigenvalue weighted by Gasteiger charge is 2.10. The second-order valence-electron chi connectivity index (χ2n) is 5.42. The molecule has 0 aliphatic carbocycles. The van der Waals surface area contributed by atoms with E-state index in [-0.39, 0.29) is 11.5 Å². The van der Waals surface area contributed by atoms with Crippen molar-refractivity contribution in [2.45, 2.75) is 6.42 Å². The van der Waals surface area contributed by atoms with E-state index in [0.717, 1.165) is 0 Å². The van der Waals surface area contributed by atoms with Gasteiger partial charge in [0, 0.05) is 37.8 Å². The summed E-state index contributed by atoms with van der Waals surface area (Å²) in [5.41, 5.74) is 1.50. The third-order valence-corrected chi connectivity index (χ3v) is 3.74. The summed E-state index contributed by atoms with van der Waals surface area (Å²) in [7, 11) is 1.66. The molecule has 1 N–H and O–H groups in total. The monoisotopic (exact) mass is 335 g/mol. The van der Waals surface area contributed by atoms with Gasteiger partial charge in [0.25, 0.3) is 11.5 Å². The van der Waals surface area contributed by atoms with Gasteiger partial charge < -0.3 is 5.32 Å². The van der Waals surface area contributed by atoms with E-state index < -0.39 is 0 Å². The van der Waals surface area contributed by atoms with E-state index in [2.05, 4.69) is 20.3 Å². The van der Waals surface area contributed by atoms with Gasteiger partial charge in [0.15, 0.2) is 0 Å². The predicted molar refractivity (Wildman–Crippen MR) is 93.0 cm³/mol. The summed E-state index contributed by atoms with van der Waals surface area (Å²) in [5.74, 6) is 0.423. The Kier molecular flexibility index (Phi) is 4.94. The minimum Gasteiger partial charge on any atom is -0.352 e. The molecule has 126 valence electrons. The molecule has 7 nitrogen and oxygen atoms in total. The molecule has 0 fully saturated rings. The molecule has 0 unspecified atom stereocenters. The zero-order chi connectivity index (χ0) is 17.6. The summed E-state index contributed by atoms with van der Waals surface area (Å²) in [4.78, 5) is 36.7. The summed E-state index contributed by atoms with van der Waals surface area (Å²) in [6, 6.07) is 12.1. The number of nitrogens with one attached hydrogen (secondary N) is 1. The summed E-state index contributed by atoms with van der Waals surface area (Å²) >= 11 is 0. The molecule has 1 aromatic carbocycles. The van der Waals surface area contributed by atoms with E-state index in [1.807, 2.05) is 18.2 Å². The molecule has 0 saturated carbocycles.